The standard InChI is InChI=1S/C11H6BrS.C9H7.2ClH.S.Zr/c12-11-9-5-7-3-1-2-4-8(7)10(9)6-13-11;1-2-5-9-7-3-6-8(9)4-1;;;;/h1-5,11H;1-7H;2*1H;;/q;;;;;+2/p-2. The summed E-state index contributed by atoms with van der Waals surface area (Å²) in [6.07, 6.45) is 6.98. The molecule has 0 aromatic heterocycles. The molecule has 2 aliphatic carbocycles. The van der Waals surface area contributed by atoms with E-state index < -0.39 is 19.7 Å². The Morgan fingerprint density at radius 2 is 1.65 bits per heavy atom. The first-order valence-electron chi connectivity index (χ1n) is 7.92. The average Bonchev–Trinajstić information content (AvgIpc) is 3.28. The van der Waals surface area contributed by atoms with Crippen molar-refractivity contribution in [3.05, 3.63) is 85.0 Å². The van der Waals surface area contributed by atoms with Crippen molar-refractivity contribution in [3.63, 3.8) is 0 Å². The van der Waals surface area contributed by atoms with Crippen LogP contribution in [-0.4, -0.2) is 4.16 Å². The monoisotopic (exact) mass is 556 g/mol. The second-order valence-corrected chi connectivity index (χ2v) is 16.8. The zero-order valence-corrected chi connectivity index (χ0v) is 20.6. The second kappa shape index (κ2) is 8.27. The molecule has 0 amide bonds. The van der Waals surface area contributed by atoms with Crippen LogP contribution in [0.4, 0.5) is 0 Å². The van der Waals surface area contributed by atoms with E-state index in [1.165, 1.54) is 36.0 Å². The first-order chi connectivity index (χ1) is 11.7. The molecule has 0 spiro atoms. The zero-order chi connectivity index (χ0) is 16.3. The molecule has 1 aliphatic heterocycles. The Balaban J connectivity index is 0.000000980. The summed E-state index contributed by atoms with van der Waals surface area (Å²) in [4.78, 5) is 0. The van der Waals surface area contributed by atoms with Gasteiger partial charge in [0.15, 0.2) is 0 Å². The summed E-state index contributed by atoms with van der Waals surface area (Å²) in [5.74, 6) is 0. The second-order valence-electron chi connectivity index (χ2n) is 6.15. The van der Waals surface area contributed by atoms with Crippen molar-refractivity contribution in [1.29, 1.82) is 0 Å². The van der Waals surface area contributed by atoms with Crippen molar-refractivity contribution < 1.29 is 44.5 Å². The Morgan fingerprint density at radius 1 is 0.962 bits per heavy atom. The number of thioether (sulfide) groups is 1. The predicted molar refractivity (Wildman–Crippen MR) is 107 cm³/mol. The summed E-state index contributed by atoms with van der Waals surface area (Å²) in [5.41, 5.74) is 8.42. The van der Waals surface area contributed by atoms with Crippen LogP contribution >= 0.6 is 36.5 Å². The van der Waals surface area contributed by atoms with E-state index >= 15 is 0 Å². The average molecular weight is 559 g/mol. The van der Waals surface area contributed by atoms with Crippen LogP contribution in [0.3, 0.4) is 0 Å². The van der Waals surface area contributed by atoms with Crippen molar-refractivity contribution in [2.75, 3.05) is 0 Å². The molecule has 1 heterocycles. The number of rotatable bonds is 2. The van der Waals surface area contributed by atoms with Crippen LogP contribution in [0.2, 0.25) is 0 Å². The fraction of sp³-hybridized carbons (Fsp3) is 0.100. The minimum atomic E-state index is -2.22. The molecule has 0 N–H and O–H groups in total. The van der Waals surface area contributed by atoms with Crippen molar-refractivity contribution in [1.82, 2.24) is 0 Å². The van der Waals surface area contributed by atoms with E-state index in [9.17, 15) is 0 Å². The van der Waals surface area contributed by atoms with Crippen LogP contribution in [0.5, 0.6) is 0 Å². The maximum atomic E-state index is 6.26. The van der Waals surface area contributed by atoms with Gasteiger partial charge in [-0.15, -0.1) is 0 Å². The summed E-state index contributed by atoms with van der Waals surface area (Å²) >= 11 is 3.62. The van der Waals surface area contributed by atoms with Gasteiger partial charge < -0.3 is 24.8 Å². The molecule has 0 saturated heterocycles. The van der Waals surface area contributed by atoms with Gasteiger partial charge in [0, 0.05) is 0 Å². The molecule has 130 valence electrons. The van der Waals surface area contributed by atoms with Gasteiger partial charge in [-0.2, -0.15) is 0 Å². The van der Waals surface area contributed by atoms with E-state index in [4.69, 9.17) is 8.86 Å². The number of fused-ring (bicyclic) bond motifs is 4. The van der Waals surface area contributed by atoms with Gasteiger partial charge in [0.2, 0.25) is 0 Å². The normalized spacial score (nSPS) is 21.0. The van der Waals surface area contributed by atoms with E-state index in [0.717, 1.165) is 0 Å². The Morgan fingerprint density at radius 3 is 2.46 bits per heavy atom. The minimum absolute atomic E-state index is 0. The Kier molecular flexibility index (Phi) is 6.65. The zero-order valence-electron chi connectivity index (χ0n) is 13.5. The third-order valence-corrected chi connectivity index (χ3v) is 16.8. The first kappa shape index (κ1) is 20.9. The predicted octanol–water partition coefficient (Wildman–Crippen LogP) is 0.727. The molecular formula is C20H13BrCl2S2Zr. The molecule has 2 atom stereocenters. The topological polar surface area (TPSA) is 0 Å². The number of hydrogen-bond donors (Lipinski definition) is 0. The van der Waals surface area contributed by atoms with E-state index in [2.05, 4.69) is 82.7 Å². The maximum absolute atomic E-state index is 6.26. The molecule has 5 rings (SSSR count). The fourth-order valence-electron chi connectivity index (χ4n) is 3.70. The Hall–Kier alpha value is 0.173. The van der Waals surface area contributed by atoms with Crippen LogP contribution in [0.25, 0.3) is 17.7 Å². The van der Waals surface area contributed by atoms with Gasteiger partial charge in [-0.05, 0) is 0 Å². The van der Waals surface area contributed by atoms with E-state index in [1.807, 2.05) is 11.8 Å². The van der Waals surface area contributed by atoms with E-state index in [0.29, 0.717) is 7.79 Å². The molecule has 3 aliphatic rings. The number of benzene rings is 2. The number of hydrogen-bond acceptors (Lipinski definition) is 2. The molecule has 0 nitrogen and oxygen atoms in total. The molecule has 0 bridgehead atoms. The summed E-state index contributed by atoms with van der Waals surface area (Å²) < 4.78 is 2.38. The summed E-state index contributed by atoms with van der Waals surface area (Å²) in [6.45, 7) is 0. The molecule has 6 heteroatoms. The Labute approximate surface area is 189 Å². The van der Waals surface area contributed by atoms with Crippen molar-refractivity contribution in [3.8, 4) is 0 Å². The van der Waals surface area contributed by atoms with Gasteiger partial charge >= 0.3 is 167 Å². The Bertz CT molecular complexity index is 997. The molecule has 2 aromatic carbocycles. The first-order valence-corrected chi connectivity index (χ1v) is 15.8. The molecular weight excluding hydrogens is 546 g/mol. The van der Waals surface area contributed by atoms with Crippen LogP contribution in [0.15, 0.2) is 62.8 Å². The van der Waals surface area contributed by atoms with E-state index in [-0.39, 0.29) is 24.8 Å². The summed E-state index contributed by atoms with van der Waals surface area (Å²) in [5, 5.41) is 0. The van der Waals surface area contributed by atoms with Gasteiger partial charge in [-0.1, -0.05) is 0 Å². The van der Waals surface area contributed by atoms with Gasteiger partial charge in [-0.25, -0.2) is 0 Å². The molecule has 0 fully saturated rings. The molecule has 26 heavy (non-hydrogen) atoms. The van der Waals surface area contributed by atoms with Gasteiger partial charge in [0.05, 0.1) is 0 Å². The summed E-state index contributed by atoms with van der Waals surface area (Å²) in [7, 11) is 6.26. The number of halogens is 3. The molecule has 2 unspecified atom stereocenters. The molecule has 2 aromatic rings. The molecule has 0 radical (unpaired) electrons. The van der Waals surface area contributed by atoms with Crippen LogP contribution in [0, 0.1) is 0 Å². The SMILES string of the molecule is [Cl-].[Cl-].[S]=[Zr+2]([C]1=C2C(=Cc3ccccc32)C(Br)S1)[CH]1C=Cc2ccccc21. The van der Waals surface area contributed by atoms with E-state index in [1.54, 1.807) is 0 Å². The van der Waals surface area contributed by atoms with Gasteiger partial charge in [0.25, 0.3) is 0 Å². The number of alkyl halides is 1. The third kappa shape index (κ3) is 3.25. The van der Waals surface area contributed by atoms with Crippen LogP contribution < -0.4 is 24.8 Å². The molecule has 0 saturated carbocycles. The fourth-order valence-corrected chi connectivity index (χ4v) is 16.0. The van der Waals surface area contributed by atoms with Gasteiger partial charge in [-0.3, -0.25) is 0 Å². The third-order valence-electron chi connectivity index (χ3n) is 4.83. The van der Waals surface area contributed by atoms with Crippen molar-refractivity contribution >= 4 is 54.3 Å². The summed E-state index contributed by atoms with van der Waals surface area (Å²) in [6, 6.07) is 17.5. The van der Waals surface area contributed by atoms with Crippen LogP contribution in [0.1, 0.15) is 25.9 Å². The number of allylic oxidation sites excluding steroid dienone is 2. The van der Waals surface area contributed by atoms with Crippen LogP contribution in [-0.2, 0) is 19.7 Å². The van der Waals surface area contributed by atoms with Crippen molar-refractivity contribution in [2.45, 2.75) is 7.79 Å². The van der Waals surface area contributed by atoms with Crippen molar-refractivity contribution in [2.24, 2.45) is 0 Å². The van der Waals surface area contributed by atoms with Gasteiger partial charge in [0.1, 0.15) is 0 Å². The quantitative estimate of drug-likeness (QED) is 0.498.